The van der Waals surface area contributed by atoms with Crippen molar-refractivity contribution in [1.29, 1.82) is 0 Å². The van der Waals surface area contributed by atoms with E-state index in [4.69, 9.17) is 14.2 Å². The summed E-state index contributed by atoms with van der Waals surface area (Å²) in [7, 11) is 1.29. The van der Waals surface area contributed by atoms with E-state index in [0.717, 1.165) is 24.6 Å². The first-order valence-electron chi connectivity index (χ1n) is 10.4. The van der Waals surface area contributed by atoms with Gasteiger partial charge in [0.1, 0.15) is 12.2 Å². The first kappa shape index (κ1) is 24.0. The Kier molecular flexibility index (Phi) is 7.76. The molecule has 0 bridgehead atoms. The third kappa shape index (κ3) is 6.21. The second kappa shape index (κ2) is 10.3. The lowest BCUT2D eigenvalue weighted by atomic mass is 10.2. The van der Waals surface area contributed by atoms with Crippen LogP contribution in [0.3, 0.4) is 0 Å². The molecule has 2 aliphatic rings. The van der Waals surface area contributed by atoms with Crippen LogP contribution in [-0.4, -0.2) is 42.6 Å². The Balaban J connectivity index is 0.000000243. The number of hydrogen-bond acceptors (Lipinski definition) is 6. The molecule has 2 saturated heterocycles. The van der Waals surface area contributed by atoms with Gasteiger partial charge in [-0.25, -0.2) is 4.39 Å². The van der Waals surface area contributed by atoms with Gasteiger partial charge in [0.25, 0.3) is 5.91 Å². The van der Waals surface area contributed by atoms with E-state index >= 15 is 0 Å². The van der Waals surface area contributed by atoms with E-state index in [1.807, 2.05) is 32.9 Å². The fraction of sp³-hybridized carbons (Fsp3) is 0.478. The summed E-state index contributed by atoms with van der Waals surface area (Å²) in [5, 5.41) is 2.84. The second-order valence-electron chi connectivity index (χ2n) is 8.05. The summed E-state index contributed by atoms with van der Waals surface area (Å²) in [4.78, 5) is 16.4. The van der Waals surface area contributed by atoms with E-state index in [0.29, 0.717) is 12.3 Å². The maximum atomic E-state index is 12.5. The number of amides is 1. The molecule has 3 atom stereocenters. The van der Waals surface area contributed by atoms with E-state index < -0.39 is 17.4 Å². The molecular formula is C23H28F2N2O5. The fourth-order valence-corrected chi connectivity index (χ4v) is 3.36. The van der Waals surface area contributed by atoms with Gasteiger partial charge in [-0.2, -0.15) is 4.39 Å². The van der Waals surface area contributed by atoms with Gasteiger partial charge < -0.3 is 24.3 Å². The van der Waals surface area contributed by atoms with Crippen LogP contribution in [0.15, 0.2) is 36.5 Å². The standard InChI is InChI=1S/C16H22N2O4.C7H6F2O/c1-10-4-7-13(21-10)15(19)18-11-5-6-12(17-8-11)14-9-20-16(2,3)22-14;1-10-6-4-2-3-5(8)7(6)9/h5-6,8,10,13-14H,4,7,9H2,1-3H3,(H,18,19);2-4H,1H3/t10?,13-,14?;/m1./s1. The smallest absolute Gasteiger partial charge is 0.253 e. The maximum absolute atomic E-state index is 12.5. The van der Waals surface area contributed by atoms with Crippen molar-refractivity contribution in [2.75, 3.05) is 19.0 Å². The minimum Gasteiger partial charge on any atom is -0.494 e. The molecular weight excluding hydrogens is 422 g/mol. The zero-order valence-electron chi connectivity index (χ0n) is 18.6. The van der Waals surface area contributed by atoms with Crippen LogP contribution in [0, 0.1) is 11.6 Å². The lowest BCUT2D eigenvalue weighted by molar-refractivity contribution is -0.139. The first-order valence-corrected chi connectivity index (χ1v) is 10.4. The van der Waals surface area contributed by atoms with Crippen LogP contribution in [0.5, 0.6) is 5.75 Å². The van der Waals surface area contributed by atoms with Crippen molar-refractivity contribution in [3.05, 3.63) is 53.9 Å². The molecule has 0 aliphatic carbocycles. The molecule has 1 amide bonds. The molecule has 0 spiro atoms. The second-order valence-corrected chi connectivity index (χ2v) is 8.05. The zero-order valence-corrected chi connectivity index (χ0v) is 18.6. The normalized spacial score (nSPS) is 23.9. The van der Waals surface area contributed by atoms with Crippen molar-refractivity contribution in [2.24, 2.45) is 0 Å². The summed E-state index contributed by atoms with van der Waals surface area (Å²) in [6, 6.07) is 7.46. The molecule has 32 heavy (non-hydrogen) atoms. The number of carbonyl (C=O) groups is 1. The van der Waals surface area contributed by atoms with Crippen molar-refractivity contribution < 1.29 is 32.5 Å². The molecule has 1 aromatic heterocycles. The van der Waals surface area contributed by atoms with E-state index in [1.54, 1.807) is 6.20 Å². The lowest BCUT2D eigenvalue weighted by Gasteiger charge is -2.17. The number of halogens is 2. The van der Waals surface area contributed by atoms with Crippen molar-refractivity contribution in [3.63, 3.8) is 0 Å². The number of nitrogens with zero attached hydrogens (tertiary/aromatic N) is 1. The zero-order chi connectivity index (χ0) is 23.3. The van der Waals surface area contributed by atoms with Crippen molar-refractivity contribution >= 4 is 11.6 Å². The number of nitrogens with one attached hydrogen (secondary N) is 1. The van der Waals surface area contributed by atoms with Crippen molar-refractivity contribution in [1.82, 2.24) is 4.98 Å². The number of benzene rings is 1. The average molecular weight is 450 g/mol. The van der Waals surface area contributed by atoms with Gasteiger partial charge in [-0.15, -0.1) is 0 Å². The van der Waals surface area contributed by atoms with Crippen LogP contribution < -0.4 is 10.1 Å². The van der Waals surface area contributed by atoms with E-state index in [1.165, 1.54) is 19.2 Å². The number of pyridine rings is 1. The molecule has 2 unspecified atom stereocenters. The molecule has 2 aliphatic heterocycles. The lowest BCUT2D eigenvalue weighted by Crippen LogP contribution is -2.27. The number of carbonyl (C=O) groups excluding carboxylic acids is 1. The average Bonchev–Trinajstić information content (AvgIpc) is 3.36. The van der Waals surface area contributed by atoms with Crippen LogP contribution in [0.4, 0.5) is 14.5 Å². The third-order valence-electron chi connectivity index (χ3n) is 5.05. The molecule has 1 aromatic carbocycles. The molecule has 1 N–H and O–H groups in total. The number of ether oxygens (including phenoxy) is 4. The highest BCUT2D eigenvalue weighted by molar-refractivity contribution is 5.94. The molecule has 7 nitrogen and oxygen atoms in total. The summed E-state index contributed by atoms with van der Waals surface area (Å²) in [6.45, 7) is 6.22. The van der Waals surface area contributed by atoms with Gasteiger partial charge in [-0.1, -0.05) is 6.07 Å². The SMILES string of the molecule is CC1CC[C@H](C(=O)Nc2ccc(C3COC(C)(C)O3)nc2)O1.COc1cccc(F)c1F. The molecule has 0 saturated carbocycles. The molecule has 2 aromatic rings. The van der Waals surface area contributed by atoms with Crippen LogP contribution >= 0.6 is 0 Å². The summed E-state index contributed by atoms with van der Waals surface area (Å²) in [5.74, 6) is -2.58. The number of hydrogen-bond donors (Lipinski definition) is 1. The molecule has 0 radical (unpaired) electrons. The minimum absolute atomic E-state index is 0.0694. The summed E-state index contributed by atoms with van der Waals surface area (Å²) in [6.07, 6.45) is 2.95. The number of rotatable bonds is 4. The minimum atomic E-state index is -0.940. The van der Waals surface area contributed by atoms with Crippen molar-refractivity contribution in [3.8, 4) is 5.75 Å². The molecule has 3 heterocycles. The summed E-state index contributed by atoms with van der Waals surface area (Å²) in [5.41, 5.74) is 1.46. The van der Waals surface area contributed by atoms with Crippen LogP contribution in [-0.2, 0) is 19.0 Å². The highest BCUT2D eigenvalue weighted by atomic mass is 19.2. The van der Waals surface area contributed by atoms with Gasteiger partial charge in [-0.05, 0) is 57.9 Å². The Morgan fingerprint density at radius 1 is 1.22 bits per heavy atom. The van der Waals surface area contributed by atoms with Gasteiger partial charge in [0.05, 0.1) is 37.4 Å². The maximum Gasteiger partial charge on any atom is 0.253 e. The van der Waals surface area contributed by atoms with E-state index in [-0.39, 0.29) is 30.0 Å². The molecule has 9 heteroatoms. The monoisotopic (exact) mass is 450 g/mol. The van der Waals surface area contributed by atoms with Gasteiger partial charge >= 0.3 is 0 Å². The van der Waals surface area contributed by atoms with E-state index in [2.05, 4.69) is 15.0 Å². The number of aromatic nitrogens is 1. The molecule has 4 rings (SSSR count). The van der Waals surface area contributed by atoms with Crippen molar-refractivity contribution in [2.45, 2.75) is 57.7 Å². The quantitative estimate of drug-likeness (QED) is 0.745. The Morgan fingerprint density at radius 3 is 2.53 bits per heavy atom. The van der Waals surface area contributed by atoms with Crippen LogP contribution in [0.25, 0.3) is 0 Å². The first-order chi connectivity index (χ1) is 15.2. The predicted octanol–water partition coefficient (Wildman–Crippen LogP) is 4.39. The Bertz CT molecular complexity index is 923. The van der Waals surface area contributed by atoms with Gasteiger partial charge in [0.15, 0.2) is 17.4 Å². The van der Waals surface area contributed by atoms with Gasteiger partial charge in [-0.3, -0.25) is 9.78 Å². The topological polar surface area (TPSA) is 78.9 Å². The predicted molar refractivity (Wildman–Crippen MR) is 113 cm³/mol. The highest BCUT2D eigenvalue weighted by Crippen LogP contribution is 2.32. The molecule has 174 valence electrons. The largest absolute Gasteiger partial charge is 0.494 e. The number of anilines is 1. The Labute approximate surface area is 186 Å². The summed E-state index contributed by atoms with van der Waals surface area (Å²) < 4.78 is 46.2. The van der Waals surface area contributed by atoms with Gasteiger partial charge in [0, 0.05) is 0 Å². The van der Waals surface area contributed by atoms with E-state index in [9.17, 15) is 13.6 Å². The third-order valence-corrected chi connectivity index (χ3v) is 5.05. The highest BCUT2D eigenvalue weighted by Gasteiger charge is 2.34. The summed E-state index contributed by atoms with van der Waals surface area (Å²) >= 11 is 0. The molecule has 2 fully saturated rings. The Hall–Kier alpha value is -2.62. The van der Waals surface area contributed by atoms with Crippen LogP contribution in [0.1, 0.15) is 45.4 Å². The fourth-order valence-electron chi connectivity index (χ4n) is 3.36. The van der Waals surface area contributed by atoms with Gasteiger partial charge in [0.2, 0.25) is 5.82 Å². The number of methoxy groups -OCH3 is 1. The Morgan fingerprint density at radius 2 is 2.00 bits per heavy atom. The van der Waals surface area contributed by atoms with Crippen LogP contribution in [0.2, 0.25) is 0 Å².